The van der Waals surface area contributed by atoms with Crippen molar-refractivity contribution in [1.82, 2.24) is 10.2 Å². The van der Waals surface area contributed by atoms with Gasteiger partial charge in [0.2, 0.25) is 0 Å². The fourth-order valence-corrected chi connectivity index (χ4v) is 4.07. The summed E-state index contributed by atoms with van der Waals surface area (Å²) in [5, 5.41) is 12.6. The number of phenols is 1. The molecule has 0 aromatic heterocycles. The van der Waals surface area contributed by atoms with Gasteiger partial charge >= 0.3 is 0 Å². The number of benzene rings is 1. The second-order valence-electron chi connectivity index (χ2n) is 6.65. The van der Waals surface area contributed by atoms with Gasteiger partial charge in [-0.15, -0.1) is 0 Å². The molecule has 1 aromatic carbocycles. The molecular formula is C17H27N3O3S. The summed E-state index contributed by atoms with van der Waals surface area (Å²) in [6.07, 6.45) is 0.769. The Morgan fingerprint density at radius 3 is 2.58 bits per heavy atom. The summed E-state index contributed by atoms with van der Waals surface area (Å²) in [6, 6.07) is 7.10. The molecule has 6 nitrogen and oxygen atoms in total. The maximum absolute atomic E-state index is 12.1. The van der Waals surface area contributed by atoms with Crippen LogP contribution in [0.1, 0.15) is 26.3 Å². The number of aromatic hydroxyl groups is 1. The molecule has 134 valence electrons. The Hall–Kier alpha value is -1.76. The van der Waals surface area contributed by atoms with Gasteiger partial charge < -0.3 is 15.3 Å². The molecule has 7 heteroatoms. The van der Waals surface area contributed by atoms with E-state index in [1.807, 2.05) is 24.0 Å². The minimum Gasteiger partial charge on any atom is -0.508 e. The third kappa shape index (κ3) is 4.41. The minimum atomic E-state index is -3.06. The number of aliphatic imine (C=N–C) groups is 1. The van der Waals surface area contributed by atoms with Gasteiger partial charge in [0.15, 0.2) is 15.8 Å². The number of phenolic OH excluding ortho intramolecular Hbond substituents is 1. The van der Waals surface area contributed by atoms with Crippen LogP contribution in [0.3, 0.4) is 0 Å². The Bertz CT molecular complexity index is 682. The number of hydrogen-bond donors (Lipinski definition) is 2. The molecule has 0 aliphatic carbocycles. The van der Waals surface area contributed by atoms with Crippen LogP contribution in [0.4, 0.5) is 0 Å². The van der Waals surface area contributed by atoms with Crippen LogP contribution in [0.25, 0.3) is 0 Å². The average Bonchev–Trinajstić information content (AvgIpc) is 2.51. The number of hydrogen-bond acceptors (Lipinski definition) is 4. The van der Waals surface area contributed by atoms with E-state index in [0.717, 1.165) is 24.5 Å². The molecule has 1 aliphatic heterocycles. The molecule has 0 amide bonds. The molecule has 1 saturated heterocycles. The lowest BCUT2D eigenvalue weighted by Crippen LogP contribution is -2.57. The van der Waals surface area contributed by atoms with Crippen LogP contribution in [0.5, 0.6) is 5.75 Å². The Morgan fingerprint density at radius 2 is 2.00 bits per heavy atom. The van der Waals surface area contributed by atoms with Gasteiger partial charge in [0.25, 0.3) is 0 Å². The quantitative estimate of drug-likeness (QED) is 0.632. The molecule has 1 aliphatic rings. The predicted molar refractivity (Wildman–Crippen MR) is 97.2 cm³/mol. The highest BCUT2D eigenvalue weighted by Gasteiger charge is 2.40. The van der Waals surface area contributed by atoms with Crippen LogP contribution >= 0.6 is 0 Å². The molecule has 0 radical (unpaired) electrons. The monoisotopic (exact) mass is 353 g/mol. The maximum Gasteiger partial charge on any atom is 0.194 e. The number of rotatable bonds is 4. The highest BCUT2D eigenvalue weighted by atomic mass is 32.2. The Morgan fingerprint density at radius 1 is 1.33 bits per heavy atom. The molecule has 0 saturated carbocycles. The van der Waals surface area contributed by atoms with Crippen LogP contribution in [-0.2, 0) is 16.3 Å². The molecule has 0 unspecified atom stereocenters. The zero-order valence-corrected chi connectivity index (χ0v) is 15.4. The SMILES string of the molecule is CCNC(=NCCc1ccc(O)cc1)N1CCS(=O)(=O)C(C)(C)C1. The van der Waals surface area contributed by atoms with E-state index in [-0.39, 0.29) is 11.5 Å². The van der Waals surface area contributed by atoms with Crippen molar-refractivity contribution in [2.75, 3.05) is 31.9 Å². The minimum absolute atomic E-state index is 0.155. The predicted octanol–water partition coefficient (Wildman–Crippen LogP) is 1.41. The third-order valence-corrected chi connectivity index (χ3v) is 6.81. The second-order valence-corrected chi connectivity index (χ2v) is 9.40. The van der Waals surface area contributed by atoms with Crippen molar-refractivity contribution in [3.05, 3.63) is 29.8 Å². The number of nitrogens with one attached hydrogen (secondary N) is 1. The lowest BCUT2D eigenvalue weighted by atomic mass is 10.1. The smallest absolute Gasteiger partial charge is 0.194 e. The summed E-state index contributed by atoms with van der Waals surface area (Å²) < 4.78 is 23.5. The van der Waals surface area contributed by atoms with Gasteiger partial charge in [-0.2, -0.15) is 0 Å². The normalized spacial score (nSPS) is 20.0. The highest BCUT2D eigenvalue weighted by molar-refractivity contribution is 7.92. The summed E-state index contributed by atoms with van der Waals surface area (Å²) in [5.74, 6) is 1.18. The van der Waals surface area contributed by atoms with Gasteiger partial charge in [0.1, 0.15) is 5.75 Å². The summed E-state index contributed by atoms with van der Waals surface area (Å²) in [4.78, 5) is 6.67. The van der Waals surface area contributed by atoms with Crippen LogP contribution in [-0.4, -0.2) is 61.1 Å². The Labute approximate surface area is 144 Å². The largest absolute Gasteiger partial charge is 0.508 e. The highest BCUT2D eigenvalue weighted by Crippen LogP contribution is 2.23. The van der Waals surface area contributed by atoms with Crippen LogP contribution in [0.15, 0.2) is 29.3 Å². The van der Waals surface area contributed by atoms with Crippen molar-refractivity contribution in [2.24, 2.45) is 4.99 Å². The van der Waals surface area contributed by atoms with E-state index >= 15 is 0 Å². The van der Waals surface area contributed by atoms with E-state index in [0.29, 0.717) is 19.6 Å². The van der Waals surface area contributed by atoms with Crippen molar-refractivity contribution >= 4 is 15.8 Å². The van der Waals surface area contributed by atoms with Crippen molar-refractivity contribution in [1.29, 1.82) is 0 Å². The van der Waals surface area contributed by atoms with Gasteiger partial charge in [-0.25, -0.2) is 8.42 Å². The number of guanidine groups is 1. The summed E-state index contributed by atoms with van der Waals surface area (Å²) in [6.45, 7) is 7.81. The maximum atomic E-state index is 12.1. The Balaban J connectivity index is 2.04. The van der Waals surface area contributed by atoms with Crippen molar-refractivity contribution in [3.63, 3.8) is 0 Å². The van der Waals surface area contributed by atoms with E-state index in [4.69, 9.17) is 0 Å². The van der Waals surface area contributed by atoms with E-state index < -0.39 is 14.6 Å². The molecule has 1 aromatic rings. The van der Waals surface area contributed by atoms with Crippen molar-refractivity contribution < 1.29 is 13.5 Å². The fraction of sp³-hybridized carbons (Fsp3) is 0.588. The molecule has 2 rings (SSSR count). The first kappa shape index (κ1) is 18.6. The van der Waals surface area contributed by atoms with Crippen LogP contribution < -0.4 is 5.32 Å². The first-order valence-corrected chi connectivity index (χ1v) is 9.94. The molecular weight excluding hydrogens is 326 g/mol. The topological polar surface area (TPSA) is 82.0 Å². The summed E-state index contributed by atoms with van der Waals surface area (Å²) in [7, 11) is -3.06. The third-order valence-electron chi connectivity index (χ3n) is 4.28. The fourth-order valence-electron chi connectivity index (χ4n) is 2.70. The molecule has 24 heavy (non-hydrogen) atoms. The standard InChI is InChI=1S/C17H27N3O3S/c1-4-18-16(19-10-9-14-5-7-15(21)8-6-14)20-11-12-24(22,23)17(2,3)13-20/h5-8,21H,4,9-13H2,1-3H3,(H,18,19). The summed E-state index contributed by atoms with van der Waals surface area (Å²) in [5.41, 5.74) is 1.11. The van der Waals surface area contributed by atoms with Gasteiger partial charge in [-0.05, 0) is 44.9 Å². The summed E-state index contributed by atoms with van der Waals surface area (Å²) >= 11 is 0. The van der Waals surface area contributed by atoms with Gasteiger partial charge in [-0.3, -0.25) is 4.99 Å². The number of sulfone groups is 1. The molecule has 0 spiro atoms. The average molecular weight is 353 g/mol. The van der Waals surface area contributed by atoms with Crippen LogP contribution in [0.2, 0.25) is 0 Å². The molecule has 2 N–H and O–H groups in total. The lowest BCUT2D eigenvalue weighted by molar-refractivity contribution is 0.353. The number of nitrogens with zero attached hydrogens (tertiary/aromatic N) is 2. The molecule has 1 fully saturated rings. The first-order valence-electron chi connectivity index (χ1n) is 8.28. The molecule has 1 heterocycles. The lowest BCUT2D eigenvalue weighted by Gasteiger charge is -2.39. The molecule has 0 atom stereocenters. The first-order chi connectivity index (χ1) is 11.2. The van der Waals surface area contributed by atoms with Crippen LogP contribution in [0, 0.1) is 0 Å². The van der Waals surface area contributed by atoms with E-state index in [1.165, 1.54) is 0 Å². The van der Waals surface area contributed by atoms with Gasteiger partial charge in [0, 0.05) is 26.2 Å². The van der Waals surface area contributed by atoms with Crippen molar-refractivity contribution in [3.8, 4) is 5.75 Å². The Kier molecular flexibility index (Phi) is 5.74. The van der Waals surface area contributed by atoms with E-state index in [1.54, 1.807) is 26.0 Å². The van der Waals surface area contributed by atoms with Gasteiger partial charge in [-0.1, -0.05) is 12.1 Å². The molecule has 0 bridgehead atoms. The zero-order valence-electron chi connectivity index (χ0n) is 14.6. The van der Waals surface area contributed by atoms with E-state index in [9.17, 15) is 13.5 Å². The second kappa shape index (κ2) is 7.42. The van der Waals surface area contributed by atoms with Crippen molar-refractivity contribution in [2.45, 2.75) is 31.9 Å². The van der Waals surface area contributed by atoms with E-state index in [2.05, 4.69) is 10.3 Å². The zero-order chi connectivity index (χ0) is 17.8. The van der Waals surface area contributed by atoms with Gasteiger partial charge in [0.05, 0.1) is 10.5 Å².